The molecule has 0 saturated heterocycles. The molecule has 1 aromatic carbocycles. The molecule has 0 N–H and O–H groups in total. The molecule has 20 heavy (non-hydrogen) atoms. The molecule has 0 bridgehead atoms. The molecular weight excluding hydrogens is 256 g/mol. The molecule has 1 aromatic heterocycles. The lowest BCUT2D eigenvalue weighted by molar-refractivity contribution is 0.0815. The van der Waals surface area contributed by atoms with E-state index in [0.29, 0.717) is 18.1 Å². The van der Waals surface area contributed by atoms with E-state index in [1.165, 1.54) is 4.68 Å². The number of aryl methyl sites for hydroxylation is 2. The van der Waals surface area contributed by atoms with Crippen LogP contribution in [0.1, 0.15) is 23.1 Å². The third kappa shape index (κ3) is 3.17. The van der Waals surface area contributed by atoms with Crippen molar-refractivity contribution in [3.8, 4) is 11.5 Å². The lowest BCUT2D eigenvalue weighted by Gasteiger charge is -2.11. The summed E-state index contributed by atoms with van der Waals surface area (Å²) in [7, 11) is 0. The molecule has 5 heteroatoms. The van der Waals surface area contributed by atoms with E-state index in [1.54, 1.807) is 6.07 Å². The number of carbonyl (C=O) groups is 1. The van der Waals surface area contributed by atoms with Crippen molar-refractivity contribution in [1.29, 1.82) is 0 Å². The van der Waals surface area contributed by atoms with Crippen LogP contribution in [-0.4, -0.2) is 28.9 Å². The second-order valence-corrected chi connectivity index (χ2v) is 4.40. The summed E-state index contributed by atoms with van der Waals surface area (Å²) in [5, 5.41) is 4.14. The Kier molecular flexibility index (Phi) is 4.40. The minimum atomic E-state index is -0.207. The molecule has 106 valence electrons. The summed E-state index contributed by atoms with van der Waals surface area (Å²) in [5.74, 6) is 0.988. The van der Waals surface area contributed by atoms with Crippen molar-refractivity contribution in [2.75, 3.05) is 13.2 Å². The van der Waals surface area contributed by atoms with Crippen molar-refractivity contribution in [3.63, 3.8) is 0 Å². The van der Waals surface area contributed by atoms with E-state index in [2.05, 4.69) is 5.10 Å². The van der Waals surface area contributed by atoms with E-state index in [-0.39, 0.29) is 12.5 Å². The molecule has 0 aliphatic carbocycles. The van der Waals surface area contributed by atoms with Gasteiger partial charge in [0.05, 0.1) is 12.3 Å². The average Bonchev–Trinajstić information content (AvgIpc) is 2.77. The Bertz CT molecular complexity index is 605. The molecule has 0 aliphatic heterocycles. The fourth-order valence-electron chi connectivity index (χ4n) is 1.93. The molecule has 0 saturated carbocycles. The van der Waals surface area contributed by atoms with Crippen LogP contribution in [0.5, 0.6) is 11.5 Å². The first-order chi connectivity index (χ1) is 9.61. The van der Waals surface area contributed by atoms with E-state index in [9.17, 15) is 4.79 Å². The number of benzene rings is 1. The first-order valence-electron chi connectivity index (χ1n) is 6.53. The Morgan fingerprint density at radius 3 is 2.40 bits per heavy atom. The van der Waals surface area contributed by atoms with Crippen LogP contribution in [0.2, 0.25) is 0 Å². The lowest BCUT2D eigenvalue weighted by atomic mass is 10.3. The maximum Gasteiger partial charge on any atom is 0.284 e. The van der Waals surface area contributed by atoms with Gasteiger partial charge in [0.1, 0.15) is 0 Å². The van der Waals surface area contributed by atoms with Gasteiger partial charge in [-0.05, 0) is 39.0 Å². The molecule has 0 atom stereocenters. The van der Waals surface area contributed by atoms with Gasteiger partial charge in [-0.1, -0.05) is 12.1 Å². The van der Waals surface area contributed by atoms with Gasteiger partial charge in [-0.2, -0.15) is 5.10 Å². The fourth-order valence-corrected chi connectivity index (χ4v) is 1.93. The van der Waals surface area contributed by atoms with Gasteiger partial charge in [-0.15, -0.1) is 0 Å². The number of hydrogen-bond acceptors (Lipinski definition) is 4. The lowest BCUT2D eigenvalue weighted by Crippen LogP contribution is -2.21. The third-order valence-corrected chi connectivity index (χ3v) is 2.75. The van der Waals surface area contributed by atoms with Crippen molar-refractivity contribution >= 4 is 5.91 Å². The minimum Gasteiger partial charge on any atom is -0.490 e. The van der Waals surface area contributed by atoms with Gasteiger partial charge in [0.25, 0.3) is 5.91 Å². The predicted molar refractivity (Wildman–Crippen MR) is 75.4 cm³/mol. The highest BCUT2D eigenvalue weighted by Gasteiger charge is 2.12. The largest absolute Gasteiger partial charge is 0.490 e. The van der Waals surface area contributed by atoms with Crippen LogP contribution in [0.15, 0.2) is 30.3 Å². The molecule has 0 aliphatic rings. The van der Waals surface area contributed by atoms with E-state index in [1.807, 2.05) is 45.0 Å². The molecular formula is C15H18N2O3. The molecule has 5 nitrogen and oxygen atoms in total. The zero-order valence-corrected chi connectivity index (χ0v) is 11.9. The first-order valence-corrected chi connectivity index (χ1v) is 6.53. The van der Waals surface area contributed by atoms with Crippen LogP contribution in [0.4, 0.5) is 0 Å². The third-order valence-electron chi connectivity index (χ3n) is 2.75. The summed E-state index contributed by atoms with van der Waals surface area (Å²) in [6.45, 7) is 6.06. The topological polar surface area (TPSA) is 53.4 Å². The summed E-state index contributed by atoms with van der Waals surface area (Å²) in [6, 6.07) is 9.14. The zero-order chi connectivity index (χ0) is 14.5. The number of nitrogens with zero attached hydrogens (tertiary/aromatic N) is 2. The van der Waals surface area contributed by atoms with Gasteiger partial charge in [-0.3, -0.25) is 4.79 Å². The zero-order valence-electron chi connectivity index (χ0n) is 11.9. The van der Waals surface area contributed by atoms with Gasteiger partial charge < -0.3 is 9.47 Å². The highest BCUT2D eigenvalue weighted by atomic mass is 16.5. The fraction of sp³-hybridized carbons (Fsp3) is 0.333. The number of carbonyl (C=O) groups excluding carboxylic acids is 1. The molecule has 0 unspecified atom stereocenters. The second kappa shape index (κ2) is 6.23. The monoisotopic (exact) mass is 274 g/mol. The van der Waals surface area contributed by atoms with Crippen LogP contribution < -0.4 is 9.47 Å². The quantitative estimate of drug-likeness (QED) is 0.841. The highest BCUT2D eigenvalue weighted by molar-refractivity contribution is 5.80. The molecule has 0 spiro atoms. The Morgan fingerprint density at radius 1 is 1.20 bits per heavy atom. The van der Waals surface area contributed by atoms with Gasteiger partial charge in [0.15, 0.2) is 18.1 Å². The molecule has 2 rings (SSSR count). The molecule has 0 fully saturated rings. The summed E-state index contributed by atoms with van der Waals surface area (Å²) < 4.78 is 12.3. The standard InChI is InChI=1S/C15H18N2O3/c1-4-19-13-7-5-6-8-14(13)20-10-15(18)17-12(3)9-11(2)16-17/h5-9H,4,10H2,1-3H3. The molecule has 1 heterocycles. The Morgan fingerprint density at radius 2 is 1.85 bits per heavy atom. The van der Waals surface area contributed by atoms with E-state index in [0.717, 1.165) is 11.4 Å². The van der Waals surface area contributed by atoms with E-state index < -0.39 is 0 Å². The summed E-state index contributed by atoms with van der Waals surface area (Å²) in [4.78, 5) is 12.1. The van der Waals surface area contributed by atoms with Crippen molar-refractivity contribution in [1.82, 2.24) is 9.78 Å². The smallest absolute Gasteiger partial charge is 0.284 e. The average molecular weight is 274 g/mol. The van der Waals surface area contributed by atoms with Gasteiger partial charge >= 0.3 is 0 Å². The Hall–Kier alpha value is -2.30. The predicted octanol–water partition coefficient (Wildman–Crippen LogP) is 2.62. The van der Waals surface area contributed by atoms with Crippen LogP contribution in [0.3, 0.4) is 0 Å². The minimum absolute atomic E-state index is 0.0773. The summed E-state index contributed by atoms with van der Waals surface area (Å²) >= 11 is 0. The molecule has 2 aromatic rings. The summed E-state index contributed by atoms with van der Waals surface area (Å²) in [6.07, 6.45) is 0. The first kappa shape index (κ1) is 14.1. The maximum atomic E-state index is 12.1. The van der Waals surface area contributed by atoms with Gasteiger partial charge in [-0.25, -0.2) is 4.68 Å². The van der Waals surface area contributed by atoms with Crippen LogP contribution in [0.25, 0.3) is 0 Å². The van der Waals surface area contributed by atoms with Crippen LogP contribution in [-0.2, 0) is 0 Å². The van der Waals surface area contributed by atoms with Gasteiger partial charge in [0.2, 0.25) is 0 Å². The van der Waals surface area contributed by atoms with Crippen molar-refractivity contribution in [2.45, 2.75) is 20.8 Å². The molecule has 0 radical (unpaired) electrons. The number of aromatic nitrogens is 2. The number of rotatable bonds is 5. The van der Waals surface area contributed by atoms with Crippen LogP contribution >= 0.6 is 0 Å². The van der Waals surface area contributed by atoms with Gasteiger partial charge in [0, 0.05) is 5.69 Å². The second-order valence-electron chi connectivity index (χ2n) is 4.40. The Balaban J connectivity index is 2.05. The van der Waals surface area contributed by atoms with Crippen molar-refractivity contribution in [2.24, 2.45) is 0 Å². The molecule has 0 amide bonds. The van der Waals surface area contributed by atoms with Crippen molar-refractivity contribution in [3.05, 3.63) is 41.7 Å². The SMILES string of the molecule is CCOc1ccccc1OCC(=O)n1nc(C)cc1C. The van der Waals surface area contributed by atoms with Crippen LogP contribution in [0, 0.1) is 13.8 Å². The van der Waals surface area contributed by atoms with E-state index >= 15 is 0 Å². The Labute approximate surface area is 118 Å². The maximum absolute atomic E-state index is 12.1. The highest BCUT2D eigenvalue weighted by Crippen LogP contribution is 2.26. The number of hydrogen-bond donors (Lipinski definition) is 0. The number of ether oxygens (including phenoxy) is 2. The number of para-hydroxylation sites is 2. The van der Waals surface area contributed by atoms with Crippen molar-refractivity contribution < 1.29 is 14.3 Å². The normalized spacial score (nSPS) is 10.3. The van der Waals surface area contributed by atoms with E-state index in [4.69, 9.17) is 9.47 Å². The summed E-state index contributed by atoms with van der Waals surface area (Å²) in [5.41, 5.74) is 1.61.